The molecule has 104 valence electrons. The van der Waals surface area contributed by atoms with Crippen LogP contribution in [-0.2, 0) is 13.1 Å². The summed E-state index contributed by atoms with van der Waals surface area (Å²) in [6.45, 7) is 8.01. The van der Waals surface area contributed by atoms with Crippen LogP contribution in [-0.4, -0.2) is 14.2 Å². The van der Waals surface area contributed by atoms with Crippen LogP contribution in [0.15, 0.2) is 36.4 Å². The Kier molecular flexibility index (Phi) is 3.22. The van der Waals surface area contributed by atoms with Crippen LogP contribution in [0.2, 0.25) is 0 Å². The molecule has 0 fully saturated rings. The first-order valence-electron chi connectivity index (χ1n) is 7.03. The lowest BCUT2D eigenvalue weighted by atomic mass is 10.3. The molecule has 1 aromatic carbocycles. The van der Waals surface area contributed by atoms with Gasteiger partial charge in [0.1, 0.15) is 5.82 Å². The number of hydrogen-bond acceptors (Lipinski definition) is 2. The summed E-state index contributed by atoms with van der Waals surface area (Å²) in [5.41, 5.74) is 8.13. The third-order valence-electron chi connectivity index (χ3n) is 3.72. The fourth-order valence-corrected chi connectivity index (χ4v) is 2.68. The number of nitrogens with one attached hydrogen (secondary N) is 1. The van der Waals surface area contributed by atoms with E-state index in [2.05, 4.69) is 65.8 Å². The van der Waals surface area contributed by atoms with Crippen molar-refractivity contribution in [1.82, 2.24) is 14.2 Å². The summed E-state index contributed by atoms with van der Waals surface area (Å²) in [6, 6.07) is 12.5. The number of hydrogen-bond donors (Lipinski definition) is 1. The molecule has 2 heterocycles. The van der Waals surface area contributed by atoms with Gasteiger partial charge in [-0.1, -0.05) is 12.1 Å². The van der Waals surface area contributed by atoms with Crippen molar-refractivity contribution in [1.29, 1.82) is 0 Å². The Bertz CT molecular complexity index is 717. The van der Waals surface area contributed by atoms with Crippen molar-refractivity contribution in [3.8, 4) is 0 Å². The molecule has 3 aromatic rings. The Morgan fingerprint density at radius 3 is 2.45 bits per heavy atom. The highest BCUT2D eigenvalue weighted by Crippen LogP contribution is 2.16. The first kappa shape index (κ1) is 12.8. The number of para-hydroxylation sites is 2. The van der Waals surface area contributed by atoms with E-state index < -0.39 is 0 Å². The zero-order valence-corrected chi connectivity index (χ0v) is 12.2. The van der Waals surface area contributed by atoms with Gasteiger partial charge in [-0.15, -0.1) is 0 Å². The van der Waals surface area contributed by atoms with E-state index >= 15 is 0 Å². The first-order valence-corrected chi connectivity index (χ1v) is 7.03. The van der Waals surface area contributed by atoms with Gasteiger partial charge < -0.3 is 9.99 Å². The summed E-state index contributed by atoms with van der Waals surface area (Å²) < 4.78 is 4.37. The molecule has 1 N–H and O–H groups in total. The van der Waals surface area contributed by atoms with Crippen molar-refractivity contribution >= 4 is 11.0 Å². The molecule has 2 aromatic heterocycles. The summed E-state index contributed by atoms with van der Waals surface area (Å²) in [5, 5.41) is 0. The zero-order chi connectivity index (χ0) is 14.1. The maximum atomic E-state index is 4.73. The quantitative estimate of drug-likeness (QED) is 0.788. The second-order valence-electron chi connectivity index (χ2n) is 5.05. The molecule has 0 aliphatic heterocycles. The predicted octanol–water partition coefficient (Wildman–Crippen LogP) is 3.22. The number of aryl methyl sites for hydroxylation is 3. The SMILES string of the molecule is CCn1c(CNn2c(C)ccc2C)nc2ccccc21. The molecule has 4 heteroatoms. The van der Waals surface area contributed by atoms with Gasteiger partial charge in [0.2, 0.25) is 0 Å². The maximum absolute atomic E-state index is 4.73. The minimum atomic E-state index is 0.721. The van der Waals surface area contributed by atoms with Crippen LogP contribution in [0.3, 0.4) is 0 Å². The van der Waals surface area contributed by atoms with Crippen LogP contribution < -0.4 is 5.43 Å². The standard InChI is InChI=1S/C16H20N4/c1-4-19-15-8-6-5-7-14(15)18-16(19)11-17-20-12(2)9-10-13(20)3/h5-10,17H,4,11H2,1-3H3. The molecule has 0 amide bonds. The van der Waals surface area contributed by atoms with Gasteiger partial charge in [-0.3, -0.25) is 4.68 Å². The number of nitrogens with zero attached hydrogens (tertiary/aromatic N) is 3. The normalized spacial score (nSPS) is 11.2. The fourth-order valence-electron chi connectivity index (χ4n) is 2.68. The lowest BCUT2D eigenvalue weighted by molar-refractivity contribution is 0.691. The molecule has 0 aliphatic carbocycles. The molecule has 0 saturated heterocycles. The average molecular weight is 268 g/mol. The van der Waals surface area contributed by atoms with Crippen LogP contribution in [0.5, 0.6) is 0 Å². The predicted molar refractivity (Wildman–Crippen MR) is 82.4 cm³/mol. The summed E-state index contributed by atoms with van der Waals surface area (Å²) in [5.74, 6) is 1.07. The highest BCUT2D eigenvalue weighted by Gasteiger charge is 2.09. The highest BCUT2D eigenvalue weighted by atomic mass is 15.4. The Labute approximate surface area is 119 Å². The summed E-state index contributed by atoms with van der Waals surface area (Å²) in [6.07, 6.45) is 0. The van der Waals surface area contributed by atoms with Crippen LogP contribution >= 0.6 is 0 Å². The third kappa shape index (κ3) is 2.07. The second kappa shape index (κ2) is 5.04. The molecular weight excluding hydrogens is 248 g/mol. The van der Waals surface area contributed by atoms with Crippen molar-refractivity contribution in [2.45, 2.75) is 33.9 Å². The summed E-state index contributed by atoms with van der Waals surface area (Å²) in [7, 11) is 0. The number of benzene rings is 1. The van der Waals surface area contributed by atoms with Gasteiger partial charge >= 0.3 is 0 Å². The average Bonchev–Trinajstić information content (AvgIpc) is 2.97. The van der Waals surface area contributed by atoms with Gasteiger partial charge in [0.15, 0.2) is 0 Å². The summed E-state index contributed by atoms with van der Waals surface area (Å²) >= 11 is 0. The second-order valence-corrected chi connectivity index (χ2v) is 5.05. The zero-order valence-electron chi connectivity index (χ0n) is 12.2. The number of fused-ring (bicyclic) bond motifs is 1. The van der Waals surface area contributed by atoms with E-state index in [1.54, 1.807) is 0 Å². The Balaban J connectivity index is 1.91. The highest BCUT2D eigenvalue weighted by molar-refractivity contribution is 5.75. The molecule has 0 radical (unpaired) electrons. The Morgan fingerprint density at radius 1 is 1.05 bits per heavy atom. The van der Waals surface area contributed by atoms with Crippen molar-refractivity contribution < 1.29 is 0 Å². The molecule has 0 aliphatic rings. The molecule has 3 rings (SSSR count). The van der Waals surface area contributed by atoms with E-state index in [0.717, 1.165) is 24.4 Å². The van der Waals surface area contributed by atoms with Crippen molar-refractivity contribution in [2.24, 2.45) is 0 Å². The van der Waals surface area contributed by atoms with Gasteiger partial charge in [0.05, 0.1) is 17.6 Å². The van der Waals surface area contributed by atoms with Crippen LogP contribution in [0.1, 0.15) is 24.1 Å². The third-order valence-corrected chi connectivity index (χ3v) is 3.72. The largest absolute Gasteiger partial charge is 0.327 e. The van der Waals surface area contributed by atoms with Gasteiger partial charge in [-0.2, -0.15) is 0 Å². The molecule has 4 nitrogen and oxygen atoms in total. The minimum absolute atomic E-state index is 0.721. The van der Waals surface area contributed by atoms with Gasteiger partial charge in [0.25, 0.3) is 0 Å². The first-order chi connectivity index (χ1) is 9.70. The molecule has 0 bridgehead atoms. The molecular formula is C16H20N4. The minimum Gasteiger partial charge on any atom is -0.327 e. The molecule has 0 saturated carbocycles. The van der Waals surface area contributed by atoms with Gasteiger partial charge in [-0.25, -0.2) is 4.98 Å². The fraction of sp³-hybridized carbons (Fsp3) is 0.312. The van der Waals surface area contributed by atoms with Crippen molar-refractivity contribution in [2.75, 3.05) is 5.43 Å². The lowest BCUT2D eigenvalue weighted by Crippen LogP contribution is -2.19. The Hall–Kier alpha value is -2.23. The molecule has 0 atom stereocenters. The van der Waals surface area contributed by atoms with Gasteiger partial charge in [0, 0.05) is 17.9 Å². The van der Waals surface area contributed by atoms with E-state index in [1.807, 2.05) is 6.07 Å². The number of imidazole rings is 1. The number of rotatable bonds is 4. The Morgan fingerprint density at radius 2 is 1.75 bits per heavy atom. The molecule has 0 unspecified atom stereocenters. The van der Waals surface area contributed by atoms with Crippen LogP contribution in [0.4, 0.5) is 0 Å². The van der Waals surface area contributed by atoms with Crippen LogP contribution in [0, 0.1) is 13.8 Å². The number of aromatic nitrogens is 3. The monoisotopic (exact) mass is 268 g/mol. The van der Waals surface area contributed by atoms with E-state index in [4.69, 9.17) is 4.98 Å². The maximum Gasteiger partial charge on any atom is 0.130 e. The van der Waals surface area contributed by atoms with E-state index in [1.165, 1.54) is 16.9 Å². The topological polar surface area (TPSA) is 34.8 Å². The van der Waals surface area contributed by atoms with Crippen LogP contribution in [0.25, 0.3) is 11.0 Å². The van der Waals surface area contributed by atoms with Gasteiger partial charge in [-0.05, 0) is 45.0 Å². The van der Waals surface area contributed by atoms with E-state index in [0.29, 0.717) is 0 Å². The van der Waals surface area contributed by atoms with E-state index in [-0.39, 0.29) is 0 Å². The smallest absolute Gasteiger partial charge is 0.130 e. The van der Waals surface area contributed by atoms with Crippen molar-refractivity contribution in [3.05, 3.63) is 53.6 Å². The lowest BCUT2D eigenvalue weighted by Gasteiger charge is -2.13. The van der Waals surface area contributed by atoms with Crippen molar-refractivity contribution in [3.63, 3.8) is 0 Å². The molecule has 20 heavy (non-hydrogen) atoms. The summed E-state index contributed by atoms with van der Waals surface area (Å²) in [4.78, 5) is 4.73. The molecule has 0 spiro atoms. The van der Waals surface area contributed by atoms with E-state index in [9.17, 15) is 0 Å².